The molecule has 0 unspecified atom stereocenters. The molecule has 0 bridgehead atoms. The molecule has 9 heteroatoms. The van der Waals surface area contributed by atoms with Crippen LogP contribution in [0.4, 0.5) is 5.69 Å². The summed E-state index contributed by atoms with van der Waals surface area (Å²) >= 11 is 0. The third kappa shape index (κ3) is 5.07. The second kappa shape index (κ2) is 8.57. The Morgan fingerprint density at radius 3 is 2.48 bits per heavy atom. The summed E-state index contributed by atoms with van der Waals surface area (Å²) in [5.74, 6) is 0.442. The summed E-state index contributed by atoms with van der Waals surface area (Å²) < 4.78 is 25.0. The van der Waals surface area contributed by atoms with Gasteiger partial charge in [-0.1, -0.05) is 42.5 Å². The number of rotatable bonds is 7. The molecule has 0 atom stereocenters. The SMILES string of the molecule is CS(=O)(=O)Nc1ccc(CCNC(=O)c2ccnc3nc(-c4ccccc4)[nH]c23)cc1. The molecule has 0 aliphatic carbocycles. The zero-order chi connectivity index (χ0) is 21.8. The summed E-state index contributed by atoms with van der Waals surface area (Å²) in [6.45, 7) is 0.432. The number of sulfonamides is 1. The fourth-order valence-electron chi connectivity index (χ4n) is 3.20. The van der Waals surface area contributed by atoms with Crippen LogP contribution in [0.1, 0.15) is 15.9 Å². The molecule has 158 valence electrons. The number of imidazole rings is 1. The first-order valence-electron chi connectivity index (χ1n) is 9.64. The molecule has 0 saturated carbocycles. The first-order chi connectivity index (χ1) is 14.9. The Morgan fingerprint density at radius 1 is 1.03 bits per heavy atom. The molecular weight excluding hydrogens is 414 g/mol. The first-order valence-corrected chi connectivity index (χ1v) is 11.5. The highest BCUT2D eigenvalue weighted by atomic mass is 32.2. The first kappa shape index (κ1) is 20.5. The van der Waals surface area contributed by atoms with Crippen LogP contribution in [0.25, 0.3) is 22.6 Å². The molecule has 0 spiro atoms. The number of hydrogen-bond acceptors (Lipinski definition) is 5. The highest BCUT2D eigenvalue weighted by molar-refractivity contribution is 7.92. The van der Waals surface area contributed by atoms with Gasteiger partial charge in [-0.25, -0.2) is 18.4 Å². The Kier molecular flexibility index (Phi) is 5.68. The van der Waals surface area contributed by atoms with E-state index in [1.807, 2.05) is 42.5 Å². The topological polar surface area (TPSA) is 117 Å². The van der Waals surface area contributed by atoms with E-state index in [0.29, 0.717) is 41.2 Å². The zero-order valence-electron chi connectivity index (χ0n) is 16.8. The van der Waals surface area contributed by atoms with Crippen LogP contribution in [0.5, 0.6) is 0 Å². The van der Waals surface area contributed by atoms with Crippen LogP contribution in [0, 0.1) is 0 Å². The van der Waals surface area contributed by atoms with E-state index in [4.69, 9.17) is 0 Å². The van der Waals surface area contributed by atoms with Crippen molar-refractivity contribution in [2.75, 3.05) is 17.5 Å². The van der Waals surface area contributed by atoms with Crippen LogP contribution < -0.4 is 10.0 Å². The van der Waals surface area contributed by atoms with Gasteiger partial charge in [0, 0.05) is 24.0 Å². The number of nitrogens with one attached hydrogen (secondary N) is 3. The lowest BCUT2D eigenvalue weighted by Gasteiger charge is -2.07. The van der Waals surface area contributed by atoms with Gasteiger partial charge in [-0.2, -0.15) is 0 Å². The number of pyridine rings is 1. The van der Waals surface area contributed by atoms with E-state index in [2.05, 4.69) is 25.0 Å². The molecule has 0 aliphatic heterocycles. The van der Waals surface area contributed by atoms with Gasteiger partial charge in [0.2, 0.25) is 10.0 Å². The van der Waals surface area contributed by atoms with Crippen molar-refractivity contribution in [3.8, 4) is 11.4 Å². The van der Waals surface area contributed by atoms with Gasteiger partial charge in [-0.3, -0.25) is 9.52 Å². The maximum atomic E-state index is 12.7. The molecule has 8 nitrogen and oxygen atoms in total. The number of H-pyrrole nitrogens is 1. The lowest BCUT2D eigenvalue weighted by atomic mass is 10.1. The van der Waals surface area contributed by atoms with Crippen molar-refractivity contribution >= 4 is 32.8 Å². The minimum absolute atomic E-state index is 0.217. The number of aromatic nitrogens is 3. The summed E-state index contributed by atoms with van der Waals surface area (Å²) in [7, 11) is -3.30. The largest absolute Gasteiger partial charge is 0.352 e. The maximum absolute atomic E-state index is 12.7. The second-order valence-electron chi connectivity index (χ2n) is 7.09. The quantitative estimate of drug-likeness (QED) is 0.413. The Hall–Kier alpha value is -3.72. The number of amides is 1. The van der Waals surface area contributed by atoms with Crippen LogP contribution in [-0.4, -0.2) is 42.1 Å². The van der Waals surface area contributed by atoms with Crippen molar-refractivity contribution in [3.05, 3.63) is 78.0 Å². The third-order valence-corrected chi connectivity index (χ3v) is 5.25. The second-order valence-corrected chi connectivity index (χ2v) is 8.83. The average Bonchev–Trinajstić information content (AvgIpc) is 3.19. The Balaban J connectivity index is 1.42. The van der Waals surface area contributed by atoms with E-state index in [0.717, 1.165) is 17.4 Å². The van der Waals surface area contributed by atoms with Gasteiger partial charge >= 0.3 is 0 Å². The Morgan fingerprint density at radius 2 is 1.77 bits per heavy atom. The van der Waals surface area contributed by atoms with Crippen LogP contribution in [-0.2, 0) is 16.4 Å². The minimum atomic E-state index is -3.30. The Labute approximate surface area is 179 Å². The fraction of sp³-hybridized carbons (Fsp3) is 0.136. The highest BCUT2D eigenvalue weighted by Gasteiger charge is 2.14. The molecule has 1 amide bonds. The number of nitrogens with zero attached hydrogens (tertiary/aromatic N) is 2. The van der Waals surface area contributed by atoms with Crippen LogP contribution in [0.2, 0.25) is 0 Å². The van der Waals surface area contributed by atoms with Crippen molar-refractivity contribution in [2.24, 2.45) is 0 Å². The third-order valence-electron chi connectivity index (χ3n) is 4.64. The van der Waals surface area contributed by atoms with Crippen molar-refractivity contribution < 1.29 is 13.2 Å². The van der Waals surface area contributed by atoms with E-state index < -0.39 is 10.0 Å². The van der Waals surface area contributed by atoms with E-state index in [-0.39, 0.29) is 5.91 Å². The molecular formula is C22H21N5O3S. The van der Waals surface area contributed by atoms with Gasteiger partial charge in [0.15, 0.2) is 5.65 Å². The summed E-state index contributed by atoms with van der Waals surface area (Å²) in [6, 6.07) is 18.4. The highest BCUT2D eigenvalue weighted by Crippen LogP contribution is 2.21. The lowest BCUT2D eigenvalue weighted by Crippen LogP contribution is -2.26. The number of fused-ring (bicyclic) bond motifs is 1. The summed E-state index contributed by atoms with van der Waals surface area (Å²) in [5.41, 5.74) is 3.96. The monoisotopic (exact) mass is 435 g/mol. The molecule has 4 aromatic rings. The molecule has 0 fully saturated rings. The maximum Gasteiger partial charge on any atom is 0.253 e. The predicted octanol–water partition coefficient (Wildman–Crippen LogP) is 2.97. The van der Waals surface area contributed by atoms with Gasteiger partial charge < -0.3 is 10.3 Å². The number of hydrogen-bond donors (Lipinski definition) is 3. The van der Waals surface area contributed by atoms with Crippen LogP contribution >= 0.6 is 0 Å². The van der Waals surface area contributed by atoms with E-state index in [1.165, 1.54) is 0 Å². The molecule has 2 aromatic heterocycles. The summed E-state index contributed by atoms with van der Waals surface area (Å²) in [6.07, 6.45) is 3.28. The smallest absolute Gasteiger partial charge is 0.253 e. The molecule has 0 saturated heterocycles. The molecule has 3 N–H and O–H groups in total. The van der Waals surface area contributed by atoms with Crippen molar-refractivity contribution in [1.29, 1.82) is 0 Å². The van der Waals surface area contributed by atoms with Crippen molar-refractivity contribution in [1.82, 2.24) is 20.3 Å². The van der Waals surface area contributed by atoms with Gasteiger partial charge in [0.25, 0.3) is 5.91 Å². The van der Waals surface area contributed by atoms with E-state index in [1.54, 1.807) is 24.4 Å². The summed E-state index contributed by atoms with van der Waals surface area (Å²) in [4.78, 5) is 24.7. The number of carbonyl (C=O) groups excluding carboxylic acids is 1. The fourth-order valence-corrected chi connectivity index (χ4v) is 3.77. The minimum Gasteiger partial charge on any atom is -0.352 e. The van der Waals surface area contributed by atoms with E-state index >= 15 is 0 Å². The van der Waals surface area contributed by atoms with Crippen LogP contribution in [0.3, 0.4) is 0 Å². The average molecular weight is 436 g/mol. The van der Waals surface area contributed by atoms with Crippen LogP contribution in [0.15, 0.2) is 66.9 Å². The van der Waals surface area contributed by atoms with Gasteiger partial charge in [0.05, 0.1) is 17.3 Å². The molecule has 2 heterocycles. The summed E-state index contributed by atoms with van der Waals surface area (Å²) in [5, 5.41) is 2.92. The molecule has 0 radical (unpaired) electrons. The number of anilines is 1. The van der Waals surface area contributed by atoms with Crippen molar-refractivity contribution in [3.63, 3.8) is 0 Å². The van der Waals surface area contributed by atoms with Gasteiger partial charge in [-0.05, 0) is 30.2 Å². The molecule has 0 aliphatic rings. The number of benzene rings is 2. The molecule has 4 rings (SSSR count). The van der Waals surface area contributed by atoms with Crippen molar-refractivity contribution in [2.45, 2.75) is 6.42 Å². The predicted molar refractivity (Wildman–Crippen MR) is 120 cm³/mol. The molecule has 2 aromatic carbocycles. The number of aromatic amines is 1. The standard InChI is InChI=1S/C22H21N5O3S/c1-31(29,30)27-17-9-7-15(8-10-17)11-13-24-22(28)18-12-14-23-21-19(18)25-20(26-21)16-5-3-2-4-6-16/h2-10,12,14,27H,11,13H2,1H3,(H,24,28)(H,23,25,26). The Bertz CT molecular complexity index is 1320. The van der Waals surface area contributed by atoms with Gasteiger partial charge in [-0.15, -0.1) is 0 Å². The normalized spacial score (nSPS) is 11.4. The lowest BCUT2D eigenvalue weighted by molar-refractivity contribution is 0.0955. The number of carbonyl (C=O) groups is 1. The van der Waals surface area contributed by atoms with Gasteiger partial charge in [0.1, 0.15) is 5.82 Å². The zero-order valence-corrected chi connectivity index (χ0v) is 17.6. The van der Waals surface area contributed by atoms with E-state index in [9.17, 15) is 13.2 Å². The molecule has 31 heavy (non-hydrogen) atoms.